The molecule has 14 nitrogen and oxygen atoms in total. The van der Waals surface area contributed by atoms with E-state index in [1.807, 2.05) is 5.38 Å². The molecule has 4 aliphatic rings. The predicted octanol–water partition coefficient (Wildman–Crippen LogP) is 2.83. The van der Waals surface area contributed by atoms with Gasteiger partial charge in [-0.2, -0.15) is 0 Å². The van der Waals surface area contributed by atoms with Gasteiger partial charge in [0.2, 0.25) is 5.91 Å². The summed E-state index contributed by atoms with van der Waals surface area (Å²) in [4.78, 5) is 69.7. The molecule has 11 atom stereocenters. The molecule has 1 amide bonds. The van der Waals surface area contributed by atoms with Crippen molar-refractivity contribution in [3.05, 3.63) is 69.4 Å². The second kappa shape index (κ2) is 15.0. The summed E-state index contributed by atoms with van der Waals surface area (Å²) >= 11 is 1.39. The second-order valence-electron chi connectivity index (χ2n) is 17.7. The van der Waals surface area contributed by atoms with E-state index in [1.165, 1.54) is 37.3 Å². The largest absolute Gasteiger partial charge is 0.456 e. The highest BCUT2D eigenvalue weighted by molar-refractivity contribution is 7.10. The fourth-order valence-corrected chi connectivity index (χ4v) is 10.4. The van der Waals surface area contributed by atoms with Crippen LogP contribution in [0.3, 0.4) is 0 Å². The molecule has 2 aromatic rings. The molecule has 15 heteroatoms. The van der Waals surface area contributed by atoms with E-state index >= 15 is 0 Å². The zero-order chi connectivity index (χ0) is 42.0. The maximum absolute atomic E-state index is 14.9. The zero-order valence-electron chi connectivity index (χ0n) is 33.4. The summed E-state index contributed by atoms with van der Waals surface area (Å²) in [5, 5.41) is 53.6. The first-order valence-corrected chi connectivity index (χ1v) is 20.0. The van der Waals surface area contributed by atoms with Crippen LogP contribution in [0.2, 0.25) is 0 Å². The van der Waals surface area contributed by atoms with E-state index < -0.39 is 112 Å². The van der Waals surface area contributed by atoms with Crippen LogP contribution in [-0.4, -0.2) is 110 Å². The van der Waals surface area contributed by atoms with Crippen LogP contribution in [0.25, 0.3) is 0 Å². The molecule has 3 fully saturated rings. The maximum atomic E-state index is 14.9. The predicted molar refractivity (Wildman–Crippen MR) is 204 cm³/mol. The summed E-state index contributed by atoms with van der Waals surface area (Å²) < 4.78 is 24.1. The van der Waals surface area contributed by atoms with Gasteiger partial charge in [-0.25, -0.2) is 9.59 Å². The Balaban J connectivity index is 1.46. The van der Waals surface area contributed by atoms with Crippen molar-refractivity contribution in [1.82, 2.24) is 5.32 Å². The SMILES string of the molecule is CC(=O)O[C@@]12COC1C[C@H](O)[C@@]1(C)C(=O)[C@H](O)C3=C(C)[C@@H](OC(=O)[C@H](O)[C@H](NC(=O)Cc4cccs4)C(C)(C)C)C[C@@](O)([C@@H](OC(=O)c4ccccc4)[C@@H]12)C3(C)C. The highest BCUT2D eigenvalue weighted by Crippen LogP contribution is 2.64. The molecule has 2 saturated carbocycles. The summed E-state index contributed by atoms with van der Waals surface area (Å²) in [5.74, 6) is -5.64. The molecule has 1 saturated heterocycles. The minimum atomic E-state index is -2.32. The van der Waals surface area contributed by atoms with Gasteiger partial charge in [-0.05, 0) is 54.0 Å². The Morgan fingerprint density at radius 1 is 1.04 bits per heavy atom. The van der Waals surface area contributed by atoms with Crippen molar-refractivity contribution < 1.29 is 63.3 Å². The normalized spacial score (nSPS) is 34.2. The third kappa shape index (κ3) is 7.03. The fourth-order valence-electron chi connectivity index (χ4n) is 9.69. The standard InChI is InChI=1S/C42H53NO13S/c1-21-25(54-37(51)31(48)33(38(3,4)5)43-28(46)17-24-15-12-16-57-24)19-42(52)35(55-36(50)23-13-10-9-11-14-23)32-40(8,34(49)30(47)29(21)39(42,6)7)26(45)18-27-41(32,20-53-27)56-22(2)44/h9-16,25-27,30-33,35,45,47-48,52H,17-20H2,1-8H3,(H,43,46)/t25-,26-,27?,30+,31+,32-,33-,35-,40+,41-,42+/m0/s1. The van der Waals surface area contributed by atoms with E-state index in [2.05, 4.69) is 5.32 Å². The lowest BCUT2D eigenvalue weighted by molar-refractivity contribution is -0.346. The quantitative estimate of drug-likeness (QED) is 0.140. The van der Waals surface area contributed by atoms with Gasteiger partial charge in [-0.15, -0.1) is 11.3 Å². The topological polar surface area (TPSA) is 215 Å². The van der Waals surface area contributed by atoms with Crippen molar-refractivity contribution in [2.24, 2.45) is 22.2 Å². The first-order valence-electron chi connectivity index (χ1n) is 19.1. The molecule has 1 aromatic heterocycles. The zero-order valence-corrected chi connectivity index (χ0v) is 34.3. The number of amides is 1. The van der Waals surface area contributed by atoms with E-state index in [4.69, 9.17) is 18.9 Å². The molecule has 1 unspecified atom stereocenters. The van der Waals surface area contributed by atoms with Gasteiger partial charge in [0.25, 0.3) is 0 Å². The number of fused-ring (bicyclic) bond motifs is 5. The van der Waals surface area contributed by atoms with E-state index in [-0.39, 0.29) is 36.2 Å². The number of aliphatic hydroxyl groups is 4. The molecule has 1 aliphatic heterocycles. The molecule has 2 bridgehead atoms. The van der Waals surface area contributed by atoms with Crippen molar-refractivity contribution >= 4 is 40.9 Å². The van der Waals surface area contributed by atoms with Crippen LogP contribution in [0, 0.1) is 22.2 Å². The maximum Gasteiger partial charge on any atom is 0.338 e. The van der Waals surface area contributed by atoms with Crippen LogP contribution in [0.15, 0.2) is 59.0 Å². The van der Waals surface area contributed by atoms with Crippen LogP contribution in [0.5, 0.6) is 0 Å². The monoisotopic (exact) mass is 811 g/mol. The number of carbonyl (C=O) groups excluding carboxylic acids is 5. The number of benzene rings is 1. The summed E-state index contributed by atoms with van der Waals surface area (Å²) in [6.45, 7) is 12.1. The summed E-state index contributed by atoms with van der Waals surface area (Å²) in [6.07, 6.45) is -10.2. The number of hydrogen-bond donors (Lipinski definition) is 5. The number of hydrogen-bond acceptors (Lipinski definition) is 14. The lowest BCUT2D eigenvalue weighted by Gasteiger charge is -2.67. The first-order chi connectivity index (χ1) is 26.5. The number of thiophene rings is 1. The Bertz CT molecular complexity index is 1940. The molecule has 0 spiro atoms. The highest BCUT2D eigenvalue weighted by Gasteiger charge is 2.78. The van der Waals surface area contributed by atoms with Gasteiger partial charge >= 0.3 is 17.9 Å². The number of esters is 3. The number of carbonyl (C=O) groups is 5. The minimum absolute atomic E-state index is 0.0203. The van der Waals surface area contributed by atoms with Gasteiger partial charge in [0.15, 0.2) is 17.5 Å². The van der Waals surface area contributed by atoms with Gasteiger partial charge in [0.1, 0.15) is 30.0 Å². The molecule has 3 aliphatic carbocycles. The molecule has 57 heavy (non-hydrogen) atoms. The van der Waals surface area contributed by atoms with Gasteiger partial charge in [-0.3, -0.25) is 14.4 Å². The minimum Gasteiger partial charge on any atom is -0.456 e. The molecular weight excluding hydrogens is 759 g/mol. The number of ketones is 1. The van der Waals surface area contributed by atoms with E-state index in [1.54, 1.807) is 65.0 Å². The number of aliphatic hydroxyl groups excluding tert-OH is 3. The molecule has 310 valence electrons. The lowest BCUT2D eigenvalue weighted by Crippen LogP contribution is -2.81. The third-order valence-corrected chi connectivity index (χ3v) is 13.8. The van der Waals surface area contributed by atoms with E-state index in [0.717, 1.165) is 11.8 Å². The van der Waals surface area contributed by atoms with Crippen LogP contribution in [-0.2, 0) is 44.5 Å². The number of ether oxygens (including phenoxy) is 4. The van der Waals surface area contributed by atoms with Gasteiger partial charge in [0.05, 0.1) is 42.1 Å². The Hall–Kier alpha value is -3.99. The van der Waals surface area contributed by atoms with Crippen LogP contribution < -0.4 is 5.32 Å². The van der Waals surface area contributed by atoms with Crippen molar-refractivity contribution in [2.75, 3.05) is 6.61 Å². The summed E-state index contributed by atoms with van der Waals surface area (Å²) in [5.41, 5.74) is -8.23. The molecule has 0 radical (unpaired) electrons. The van der Waals surface area contributed by atoms with Gasteiger partial charge in [0, 0.05) is 30.1 Å². The fraction of sp³-hybridized carbons (Fsp3) is 0.595. The average Bonchev–Trinajstić information content (AvgIpc) is 3.64. The number of Topliss-reactive ketones (excluding diaryl/α,β-unsaturated/α-hetero) is 1. The Kier molecular flexibility index (Phi) is 11.2. The number of nitrogens with one attached hydrogen (secondary N) is 1. The van der Waals surface area contributed by atoms with Crippen LogP contribution >= 0.6 is 11.3 Å². The lowest BCUT2D eigenvalue weighted by atomic mass is 9.44. The molecule has 2 heterocycles. The Morgan fingerprint density at radius 3 is 2.26 bits per heavy atom. The van der Waals surface area contributed by atoms with Crippen molar-refractivity contribution in [3.63, 3.8) is 0 Å². The second-order valence-corrected chi connectivity index (χ2v) is 18.7. The molecule has 6 rings (SSSR count). The summed E-state index contributed by atoms with van der Waals surface area (Å²) in [7, 11) is 0. The first kappa shape index (κ1) is 42.6. The number of rotatable bonds is 9. The van der Waals surface area contributed by atoms with E-state index in [9.17, 15) is 44.4 Å². The average molecular weight is 812 g/mol. The van der Waals surface area contributed by atoms with E-state index in [0.29, 0.717) is 0 Å². The van der Waals surface area contributed by atoms with Crippen molar-refractivity contribution in [3.8, 4) is 0 Å². The third-order valence-electron chi connectivity index (χ3n) is 12.9. The molecule has 5 N–H and O–H groups in total. The van der Waals surface area contributed by atoms with Gasteiger partial charge < -0.3 is 44.7 Å². The Morgan fingerprint density at radius 2 is 1.70 bits per heavy atom. The van der Waals surface area contributed by atoms with Crippen molar-refractivity contribution in [2.45, 2.75) is 129 Å². The Labute approximate surface area is 335 Å². The molecule has 1 aromatic carbocycles. The van der Waals surface area contributed by atoms with Crippen LogP contribution in [0.1, 0.15) is 83.5 Å². The summed E-state index contributed by atoms with van der Waals surface area (Å²) in [6, 6.07) is 10.4. The smallest absolute Gasteiger partial charge is 0.338 e. The van der Waals surface area contributed by atoms with Crippen LogP contribution in [0.4, 0.5) is 0 Å². The molecular formula is C42H53NO13S. The van der Waals surface area contributed by atoms with Crippen molar-refractivity contribution in [1.29, 1.82) is 0 Å². The highest BCUT2D eigenvalue weighted by atomic mass is 32.1. The van der Waals surface area contributed by atoms with Gasteiger partial charge in [-0.1, -0.05) is 58.9 Å².